The van der Waals surface area contributed by atoms with E-state index in [4.69, 9.17) is 4.74 Å². The number of halogens is 2. The number of hydrogen-bond donors (Lipinski definition) is 0. The molecular weight excluding hydrogens is 318 g/mol. The third-order valence-corrected chi connectivity index (χ3v) is 4.08. The second-order valence-electron chi connectivity index (χ2n) is 5.88. The zero-order valence-electron chi connectivity index (χ0n) is 14.1. The van der Waals surface area contributed by atoms with Crippen molar-refractivity contribution in [1.82, 2.24) is 0 Å². The number of hydrogen-bond acceptors (Lipinski definition) is 1. The highest BCUT2D eigenvalue weighted by Gasteiger charge is 2.14. The maximum Gasteiger partial charge on any atom is 0.166 e. The van der Waals surface area contributed by atoms with Crippen LogP contribution in [0, 0.1) is 11.6 Å². The van der Waals surface area contributed by atoms with Gasteiger partial charge in [0.25, 0.3) is 0 Å². The first-order valence-corrected chi connectivity index (χ1v) is 8.47. The fourth-order valence-corrected chi connectivity index (χ4v) is 2.77. The minimum Gasteiger partial charge on any atom is -0.494 e. The maximum atomic E-state index is 14.3. The molecule has 0 saturated heterocycles. The molecule has 3 aromatic rings. The Labute approximate surface area is 146 Å². The van der Waals surface area contributed by atoms with Crippen molar-refractivity contribution in [1.29, 1.82) is 0 Å². The quantitative estimate of drug-likeness (QED) is 0.468. The number of unbranched alkanes of at least 4 members (excludes halogenated alkanes) is 1. The summed E-state index contributed by atoms with van der Waals surface area (Å²) in [4.78, 5) is 0. The van der Waals surface area contributed by atoms with Gasteiger partial charge in [-0.25, -0.2) is 8.78 Å². The van der Waals surface area contributed by atoms with Crippen LogP contribution in [-0.4, -0.2) is 6.61 Å². The van der Waals surface area contributed by atoms with Gasteiger partial charge in [-0.1, -0.05) is 61.9 Å². The third-order valence-electron chi connectivity index (χ3n) is 4.08. The second kappa shape index (κ2) is 7.93. The van der Waals surface area contributed by atoms with E-state index in [2.05, 4.69) is 6.92 Å². The van der Waals surface area contributed by atoms with Crippen LogP contribution in [0.4, 0.5) is 8.78 Å². The van der Waals surface area contributed by atoms with Crippen LogP contribution in [0.5, 0.6) is 5.75 Å². The van der Waals surface area contributed by atoms with Crippen LogP contribution in [-0.2, 0) is 0 Å². The molecule has 0 aromatic heterocycles. The highest BCUT2D eigenvalue weighted by atomic mass is 19.2. The summed E-state index contributed by atoms with van der Waals surface area (Å²) in [7, 11) is 0. The number of rotatable bonds is 6. The highest BCUT2D eigenvalue weighted by molar-refractivity contribution is 5.84. The number of benzene rings is 3. The van der Waals surface area contributed by atoms with Crippen molar-refractivity contribution >= 4 is 0 Å². The Bertz CT molecular complexity index is 858. The van der Waals surface area contributed by atoms with Crippen LogP contribution in [0.15, 0.2) is 66.7 Å². The molecule has 0 unspecified atom stereocenters. The lowest BCUT2D eigenvalue weighted by Crippen LogP contribution is -1.96. The summed E-state index contributed by atoms with van der Waals surface area (Å²) in [5.74, 6) is -0.894. The minimum absolute atomic E-state index is 0.257. The molecule has 0 radical (unpaired) electrons. The molecule has 25 heavy (non-hydrogen) atoms. The van der Waals surface area contributed by atoms with Crippen molar-refractivity contribution in [3.8, 4) is 28.0 Å². The summed E-state index contributed by atoms with van der Waals surface area (Å²) in [6, 6.07) is 19.4. The molecule has 0 aliphatic carbocycles. The zero-order chi connectivity index (χ0) is 17.6. The summed E-state index contributed by atoms with van der Waals surface area (Å²) < 4.78 is 33.7. The normalized spacial score (nSPS) is 10.7. The van der Waals surface area contributed by atoms with Crippen molar-refractivity contribution < 1.29 is 13.5 Å². The average Bonchev–Trinajstić information content (AvgIpc) is 2.65. The minimum atomic E-state index is -0.844. The van der Waals surface area contributed by atoms with E-state index in [-0.39, 0.29) is 5.56 Å². The van der Waals surface area contributed by atoms with E-state index in [1.807, 2.05) is 42.5 Å². The van der Waals surface area contributed by atoms with Gasteiger partial charge >= 0.3 is 0 Å². The fourth-order valence-electron chi connectivity index (χ4n) is 2.77. The van der Waals surface area contributed by atoms with Gasteiger partial charge in [0, 0.05) is 5.56 Å². The van der Waals surface area contributed by atoms with Crippen LogP contribution in [0.25, 0.3) is 22.3 Å². The summed E-state index contributed by atoms with van der Waals surface area (Å²) in [5, 5.41) is 0. The van der Waals surface area contributed by atoms with Crippen LogP contribution >= 0.6 is 0 Å². The molecule has 0 fully saturated rings. The van der Waals surface area contributed by atoms with Crippen molar-refractivity contribution in [2.24, 2.45) is 0 Å². The summed E-state index contributed by atoms with van der Waals surface area (Å²) in [5.41, 5.74) is 2.67. The lowest BCUT2D eigenvalue weighted by atomic mass is 9.94. The van der Waals surface area contributed by atoms with Gasteiger partial charge in [-0.2, -0.15) is 0 Å². The topological polar surface area (TPSA) is 9.23 Å². The van der Waals surface area contributed by atoms with Gasteiger partial charge in [-0.05, 0) is 41.3 Å². The van der Waals surface area contributed by atoms with Gasteiger partial charge in [0.05, 0.1) is 6.61 Å². The van der Waals surface area contributed by atoms with Crippen molar-refractivity contribution in [3.05, 3.63) is 78.4 Å². The lowest BCUT2D eigenvalue weighted by molar-refractivity contribution is 0.309. The van der Waals surface area contributed by atoms with Gasteiger partial charge in [0.2, 0.25) is 0 Å². The first-order chi connectivity index (χ1) is 12.2. The largest absolute Gasteiger partial charge is 0.494 e. The van der Waals surface area contributed by atoms with E-state index < -0.39 is 11.6 Å². The van der Waals surface area contributed by atoms with E-state index in [9.17, 15) is 8.78 Å². The molecule has 0 aliphatic heterocycles. The molecule has 0 spiro atoms. The standard InChI is InChI=1S/C22H20F2O/c1-2-3-14-25-17-9-6-8-16(15-17)18-10-4-5-11-19(18)20-12-7-13-21(23)22(20)24/h4-13,15H,2-3,14H2,1H3. The summed E-state index contributed by atoms with van der Waals surface area (Å²) in [6.07, 6.45) is 2.07. The molecule has 0 saturated carbocycles. The van der Waals surface area contributed by atoms with Crippen molar-refractivity contribution in [2.45, 2.75) is 19.8 Å². The SMILES string of the molecule is CCCCOc1cccc(-c2ccccc2-c2cccc(F)c2F)c1. The van der Waals surface area contributed by atoms with Gasteiger partial charge < -0.3 is 4.74 Å². The third kappa shape index (κ3) is 3.87. The molecule has 0 atom stereocenters. The Balaban J connectivity index is 2.02. The van der Waals surface area contributed by atoms with Crippen molar-refractivity contribution in [3.63, 3.8) is 0 Å². The van der Waals surface area contributed by atoms with E-state index >= 15 is 0 Å². The Morgan fingerprint density at radius 1 is 0.800 bits per heavy atom. The Morgan fingerprint density at radius 3 is 2.32 bits per heavy atom. The maximum absolute atomic E-state index is 14.3. The van der Waals surface area contributed by atoms with Gasteiger partial charge in [-0.3, -0.25) is 0 Å². The summed E-state index contributed by atoms with van der Waals surface area (Å²) in [6.45, 7) is 2.78. The van der Waals surface area contributed by atoms with Crippen molar-refractivity contribution in [2.75, 3.05) is 6.61 Å². The Hall–Kier alpha value is -2.68. The van der Waals surface area contributed by atoms with Crippen LogP contribution in [0.1, 0.15) is 19.8 Å². The number of ether oxygens (including phenoxy) is 1. The first-order valence-electron chi connectivity index (χ1n) is 8.47. The first kappa shape index (κ1) is 17.2. The molecule has 3 aromatic carbocycles. The molecule has 0 heterocycles. The Morgan fingerprint density at radius 2 is 1.52 bits per heavy atom. The summed E-state index contributed by atoms with van der Waals surface area (Å²) >= 11 is 0. The van der Waals surface area contributed by atoms with Gasteiger partial charge in [0.1, 0.15) is 5.75 Å². The van der Waals surface area contributed by atoms with Gasteiger partial charge in [-0.15, -0.1) is 0 Å². The predicted octanol–water partition coefficient (Wildman–Crippen LogP) is 6.48. The van der Waals surface area contributed by atoms with Crippen LogP contribution in [0.3, 0.4) is 0 Å². The molecule has 0 amide bonds. The van der Waals surface area contributed by atoms with E-state index in [1.165, 1.54) is 6.07 Å². The second-order valence-corrected chi connectivity index (χ2v) is 5.88. The zero-order valence-corrected chi connectivity index (χ0v) is 14.1. The molecule has 0 N–H and O–H groups in total. The van der Waals surface area contributed by atoms with Crippen LogP contribution in [0.2, 0.25) is 0 Å². The van der Waals surface area contributed by atoms with Crippen LogP contribution < -0.4 is 4.74 Å². The molecule has 128 valence electrons. The molecule has 3 heteroatoms. The average molecular weight is 338 g/mol. The molecule has 1 nitrogen and oxygen atoms in total. The van der Waals surface area contributed by atoms with E-state index in [1.54, 1.807) is 12.1 Å². The smallest absolute Gasteiger partial charge is 0.166 e. The molecule has 0 aliphatic rings. The van der Waals surface area contributed by atoms with E-state index in [0.29, 0.717) is 12.2 Å². The monoisotopic (exact) mass is 338 g/mol. The molecular formula is C22H20F2O. The Kier molecular flexibility index (Phi) is 5.44. The molecule has 3 rings (SSSR count). The fraction of sp³-hybridized carbons (Fsp3) is 0.182. The van der Waals surface area contributed by atoms with Gasteiger partial charge in [0.15, 0.2) is 11.6 Å². The van der Waals surface area contributed by atoms with E-state index in [0.717, 1.165) is 35.8 Å². The lowest BCUT2D eigenvalue weighted by Gasteiger charge is -2.13. The highest BCUT2D eigenvalue weighted by Crippen LogP contribution is 2.35. The molecule has 0 bridgehead atoms. The predicted molar refractivity (Wildman–Crippen MR) is 97.6 cm³/mol.